The van der Waals surface area contributed by atoms with E-state index >= 15 is 0 Å². The maximum absolute atomic E-state index is 2.50. The second kappa shape index (κ2) is 11.9. The van der Waals surface area contributed by atoms with E-state index in [0.717, 1.165) is 5.69 Å². The predicted molar refractivity (Wildman–Crippen MR) is 238 cm³/mol. The molecule has 0 saturated carbocycles. The average Bonchev–Trinajstić information content (AvgIpc) is 3.24. The number of para-hydroxylation sites is 2. The fourth-order valence-corrected chi connectivity index (χ4v) is 9.91. The quantitative estimate of drug-likeness (QED) is 0.168. The highest BCUT2D eigenvalue weighted by molar-refractivity contribution is 6.26. The molecule has 0 N–H and O–H groups in total. The molecule has 0 spiro atoms. The van der Waals surface area contributed by atoms with Crippen molar-refractivity contribution in [2.45, 2.75) is 38.5 Å². The molecule has 0 amide bonds. The maximum Gasteiger partial charge on any atom is 0.0509 e. The van der Waals surface area contributed by atoms with Gasteiger partial charge in [-0.3, -0.25) is 0 Å². The van der Waals surface area contributed by atoms with Crippen molar-refractivity contribution >= 4 is 66.4 Å². The van der Waals surface area contributed by atoms with Gasteiger partial charge in [0.15, 0.2) is 0 Å². The van der Waals surface area contributed by atoms with E-state index in [1.54, 1.807) is 0 Å². The Bertz CT molecular complexity index is 3030. The van der Waals surface area contributed by atoms with Crippen LogP contribution in [0.2, 0.25) is 0 Å². The Morgan fingerprint density at radius 3 is 1.43 bits per heavy atom. The molecule has 2 heterocycles. The third-order valence-electron chi connectivity index (χ3n) is 12.8. The van der Waals surface area contributed by atoms with Crippen LogP contribution in [0.4, 0.5) is 34.1 Å². The predicted octanol–water partition coefficient (Wildman–Crippen LogP) is 15.0. The van der Waals surface area contributed by atoms with E-state index in [4.69, 9.17) is 0 Å². The van der Waals surface area contributed by atoms with E-state index in [1.165, 1.54) is 94.1 Å². The van der Waals surface area contributed by atoms with Crippen LogP contribution in [-0.4, -0.2) is 0 Å². The Hall–Kier alpha value is -6.64. The van der Waals surface area contributed by atoms with Crippen LogP contribution in [0.15, 0.2) is 182 Å². The van der Waals surface area contributed by atoms with Crippen LogP contribution in [0.1, 0.15) is 49.9 Å². The number of nitrogens with zero attached hydrogens (tertiary/aromatic N) is 2. The maximum atomic E-state index is 2.50. The van der Waals surface area contributed by atoms with Gasteiger partial charge in [-0.25, -0.2) is 0 Å². The zero-order valence-corrected chi connectivity index (χ0v) is 32.2. The van der Waals surface area contributed by atoms with Crippen LogP contribution >= 0.6 is 0 Å². The molecule has 9 aromatic rings. The van der Waals surface area contributed by atoms with Crippen LogP contribution < -0.4 is 9.80 Å². The largest absolute Gasteiger partial charge is 0.310 e. The van der Waals surface area contributed by atoms with Crippen molar-refractivity contribution in [3.63, 3.8) is 0 Å². The monoisotopic (exact) mass is 718 g/mol. The summed E-state index contributed by atoms with van der Waals surface area (Å²) in [6, 6.07) is 67.6. The van der Waals surface area contributed by atoms with Gasteiger partial charge in [0, 0.05) is 22.2 Å². The van der Waals surface area contributed by atoms with Gasteiger partial charge < -0.3 is 9.80 Å². The summed E-state index contributed by atoms with van der Waals surface area (Å²) in [6.07, 6.45) is 0. The molecule has 0 saturated heterocycles. The third kappa shape index (κ3) is 4.62. The zero-order chi connectivity index (χ0) is 37.8. The zero-order valence-electron chi connectivity index (χ0n) is 32.2. The molecular weight excluding hydrogens is 677 g/mol. The lowest BCUT2D eigenvalue weighted by Crippen LogP contribution is -2.32. The van der Waals surface area contributed by atoms with Crippen molar-refractivity contribution in [2.24, 2.45) is 0 Å². The van der Waals surface area contributed by atoms with Gasteiger partial charge in [0.2, 0.25) is 0 Å². The standard InChI is InChI=1S/C54H42N2/c1-53(2)45-25-15-16-26-49(45)56(50-29-27-36(31-46(50)53)35-17-7-5-8-18-35)38-28-30-51-47(32-38)54(3,4)48-33-43-41-23-13-11-21-39(41)40-22-12-14-24-42(40)44(43)34-52(48)55(51)37-19-9-6-10-20-37/h5-34H,1-4H3. The number of anilines is 6. The van der Waals surface area contributed by atoms with Crippen LogP contribution in [-0.2, 0) is 10.8 Å². The Morgan fingerprint density at radius 2 is 0.750 bits per heavy atom. The van der Waals surface area contributed by atoms with Gasteiger partial charge in [-0.05, 0) is 126 Å². The fraction of sp³-hybridized carbons (Fsp3) is 0.111. The molecule has 0 aromatic heterocycles. The molecule has 0 radical (unpaired) electrons. The second-order valence-corrected chi connectivity index (χ2v) is 16.6. The summed E-state index contributed by atoms with van der Waals surface area (Å²) < 4.78 is 0. The minimum absolute atomic E-state index is 0.183. The van der Waals surface area contributed by atoms with Gasteiger partial charge >= 0.3 is 0 Å². The van der Waals surface area contributed by atoms with Crippen LogP contribution in [0.5, 0.6) is 0 Å². The summed E-state index contributed by atoms with van der Waals surface area (Å²) in [4.78, 5) is 5.00. The van der Waals surface area contributed by atoms with Crippen molar-refractivity contribution < 1.29 is 0 Å². The van der Waals surface area contributed by atoms with Gasteiger partial charge in [-0.2, -0.15) is 0 Å². The van der Waals surface area contributed by atoms with E-state index in [-0.39, 0.29) is 10.8 Å². The first kappa shape index (κ1) is 32.8. The summed E-state index contributed by atoms with van der Waals surface area (Å²) >= 11 is 0. The normalized spacial score (nSPS) is 15.0. The highest BCUT2D eigenvalue weighted by atomic mass is 15.2. The Labute approximate surface area is 328 Å². The van der Waals surface area contributed by atoms with E-state index in [1.807, 2.05) is 0 Å². The highest BCUT2D eigenvalue weighted by Gasteiger charge is 2.40. The van der Waals surface area contributed by atoms with Crippen LogP contribution in [0.3, 0.4) is 0 Å². The first-order chi connectivity index (χ1) is 27.3. The SMILES string of the molecule is CC1(C)c2ccccc2N(c2ccc3c(c2)C(C)(C)c2cc4c5ccccc5c5ccccc5c4cc2N3c2ccccc2)c2ccc(-c3ccccc3)cc21. The van der Waals surface area contributed by atoms with Gasteiger partial charge in [-0.15, -0.1) is 0 Å². The molecule has 268 valence electrons. The fourth-order valence-electron chi connectivity index (χ4n) is 9.91. The molecule has 2 heteroatoms. The number of benzene rings is 9. The molecule has 2 aliphatic heterocycles. The van der Waals surface area contributed by atoms with E-state index < -0.39 is 0 Å². The van der Waals surface area contributed by atoms with Gasteiger partial charge in [-0.1, -0.05) is 149 Å². The van der Waals surface area contributed by atoms with E-state index in [9.17, 15) is 0 Å². The second-order valence-electron chi connectivity index (χ2n) is 16.6. The van der Waals surface area contributed by atoms with Crippen molar-refractivity contribution in [3.8, 4) is 11.1 Å². The minimum Gasteiger partial charge on any atom is -0.310 e. The lowest BCUT2D eigenvalue weighted by molar-refractivity contribution is 0.629. The third-order valence-corrected chi connectivity index (χ3v) is 12.8. The summed E-state index contributed by atoms with van der Waals surface area (Å²) in [6.45, 7) is 9.58. The van der Waals surface area contributed by atoms with Gasteiger partial charge in [0.05, 0.1) is 22.7 Å². The summed E-state index contributed by atoms with van der Waals surface area (Å²) in [5.74, 6) is 0. The molecule has 0 fully saturated rings. The minimum atomic E-state index is -0.304. The van der Waals surface area contributed by atoms with Gasteiger partial charge in [0.1, 0.15) is 0 Å². The van der Waals surface area contributed by atoms with E-state index in [0.29, 0.717) is 0 Å². The lowest BCUT2D eigenvalue weighted by Gasteiger charge is -2.45. The lowest BCUT2D eigenvalue weighted by atomic mass is 9.71. The molecule has 11 rings (SSSR count). The number of rotatable bonds is 3. The molecule has 9 aromatic carbocycles. The number of fused-ring (bicyclic) bond motifs is 10. The van der Waals surface area contributed by atoms with Crippen molar-refractivity contribution in [1.82, 2.24) is 0 Å². The highest BCUT2D eigenvalue weighted by Crippen LogP contribution is 2.57. The Kier molecular flexibility index (Phi) is 6.98. The van der Waals surface area contributed by atoms with Crippen molar-refractivity contribution in [3.05, 3.63) is 204 Å². The van der Waals surface area contributed by atoms with E-state index in [2.05, 4.69) is 219 Å². The first-order valence-corrected chi connectivity index (χ1v) is 19.8. The Balaban J connectivity index is 1.16. The molecular formula is C54H42N2. The molecule has 0 unspecified atom stereocenters. The number of hydrogen-bond acceptors (Lipinski definition) is 2. The van der Waals surface area contributed by atoms with Crippen LogP contribution in [0.25, 0.3) is 43.4 Å². The molecule has 0 bridgehead atoms. The smallest absolute Gasteiger partial charge is 0.0509 e. The Morgan fingerprint density at radius 1 is 0.286 bits per heavy atom. The average molecular weight is 719 g/mol. The molecule has 2 nitrogen and oxygen atoms in total. The molecule has 0 atom stereocenters. The molecule has 0 aliphatic carbocycles. The summed E-state index contributed by atoms with van der Waals surface area (Å²) in [7, 11) is 0. The topological polar surface area (TPSA) is 6.48 Å². The van der Waals surface area contributed by atoms with Crippen LogP contribution in [0, 0.1) is 0 Å². The number of hydrogen-bond donors (Lipinski definition) is 0. The first-order valence-electron chi connectivity index (χ1n) is 19.8. The van der Waals surface area contributed by atoms with Crippen molar-refractivity contribution in [2.75, 3.05) is 9.80 Å². The van der Waals surface area contributed by atoms with Crippen molar-refractivity contribution in [1.29, 1.82) is 0 Å². The summed E-state index contributed by atoms with van der Waals surface area (Å²) in [5, 5.41) is 7.76. The van der Waals surface area contributed by atoms with Gasteiger partial charge in [0.25, 0.3) is 0 Å². The molecule has 56 heavy (non-hydrogen) atoms. The molecule has 2 aliphatic rings. The summed E-state index contributed by atoms with van der Waals surface area (Å²) in [5.41, 5.74) is 14.5.